The number of fused-ring (bicyclic) bond motifs is 3. The molecule has 3 aliphatic rings. The van der Waals surface area contributed by atoms with Crippen molar-refractivity contribution in [2.45, 2.75) is 65.8 Å². The molecule has 0 bridgehead atoms. The standard InChI is InChI=1S/C37H43N9O4.H2S/c1-5-46-35(48)30(40-33-7-6-25(18-39-33)43-11-10-42(19-23(43)2)26-21-50-22-26)15-29(41-46)27-8-9-38-34(28(27)20-47)45-13-12-44-31(36(45)49)14-24-16-37(3,4)17-32(24)44;/h6-9,12-15,18,23,26,47H,5,10-11,16-17,19-22H2,1-4H3,(H,39,40);1H2/t23-;/m0./s1. The van der Waals surface area contributed by atoms with Crippen molar-refractivity contribution >= 4 is 36.2 Å². The summed E-state index contributed by atoms with van der Waals surface area (Å²) in [5.41, 5.74) is 5.38. The molecule has 268 valence electrons. The van der Waals surface area contributed by atoms with Gasteiger partial charge in [0.2, 0.25) is 0 Å². The summed E-state index contributed by atoms with van der Waals surface area (Å²) in [5.74, 6) is 0.849. The molecule has 51 heavy (non-hydrogen) atoms. The summed E-state index contributed by atoms with van der Waals surface area (Å²) >= 11 is 0. The van der Waals surface area contributed by atoms with Crippen molar-refractivity contribution in [3.63, 3.8) is 0 Å². The maximum absolute atomic E-state index is 13.8. The van der Waals surface area contributed by atoms with Gasteiger partial charge in [0, 0.05) is 67.6 Å². The van der Waals surface area contributed by atoms with Crippen LogP contribution in [0.25, 0.3) is 22.6 Å². The average Bonchev–Trinajstić information content (AvgIpc) is 3.57. The van der Waals surface area contributed by atoms with E-state index in [1.807, 2.05) is 41.9 Å². The second-order valence-corrected chi connectivity index (χ2v) is 14.5. The molecule has 8 rings (SSSR count). The number of hydrogen-bond donors (Lipinski definition) is 2. The Hall–Kier alpha value is -4.50. The number of nitrogens with zero attached hydrogens (tertiary/aromatic N) is 8. The topological polar surface area (TPSA) is 135 Å². The first kappa shape index (κ1) is 34.9. The molecule has 0 unspecified atom stereocenters. The Morgan fingerprint density at radius 3 is 2.55 bits per heavy atom. The summed E-state index contributed by atoms with van der Waals surface area (Å²) in [6.45, 7) is 13.0. The fourth-order valence-corrected chi connectivity index (χ4v) is 7.79. The highest BCUT2D eigenvalue weighted by Gasteiger charge is 2.33. The van der Waals surface area contributed by atoms with E-state index < -0.39 is 0 Å². The van der Waals surface area contributed by atoms with Gasteiger partial charge in [0.05, 0.1) is 43.4 Å². The summed E-state index contributed by atoms with van der Waals surface area (Å²) in [7, 11) is 0. The van der Waals surface area contributed by atoms with Crippen molar-refractivity contribution in [1.29, 1.82) is 0 Å². The van der Waals surface area contributed by atoms with Gasteiger partial charge in [-0.15, -0.1) is 0 Å². The van der Waals surface area contributed by atoms with Gasteiger partial charge in [0.1, 0.15) is 22.8 Å². The summed E-state index contributed by atoms with van der Waals surface area (Å²) in [5, 5.41) is 18.5. The lowest BCUT2D eigenvalue weighted by Gasteiger charge is -2.46. The molecular formula is C37H45N9O4S. The lowest BCUT2D eigenvalue weighted by molar-refractivity contribution is -0.0691. The van der Waals surface area contributed by atoms with Crippen molar-refractivity contribution in [2.75, 3.05) is 43.1 Å². The van der Waals surface area contributed by atoms with Gasteiger partial charge < -0.3 is 24.5 Å². The van der Waals surface area contributed by atoms with Crippen LogP contribution in [0.1, 0.15) is 44.5 Å². The monoisotopic (exact) mass is 711 g/mol. The Morgan fingerprint density at radius 2 is 1.86 bits per heavy atom. The normalized spacial score (nSPS) is 18.8. The van der Waals surface area contributed by atoms with Crippen LogP contribution in [0, 0.1) is 5.41 Å². The van der Waals surface area contributed by atoms with Gasteiger partial charge in [0.25, 0.3) is 11.1 Å². The maximum Gasteiger partial charge on any atom is 0.290 e. The number of rotatable bonds is 8. The number of nitrogens with one attached hydrogen (secondary N) is 1. The van der Waals surface area contributed by atoms with Gasteiger partial charge in [-0.05, 0) is 68.0 Å². The van der Waals surface area contributed by atoms with Gasteiger partial charge >= 0.3 is 0 Å². The number of ether oxygens (including phenoxy) is 1. The Labute approximate surface area is 303 Å². The molecule has 1 aliphatic carbocycles. The molecule has 5 aromatic rings. The molecule has 0 aromatic carbocycles. The number of anilines is 3. The van der Waals surface area contributed by atoms with E-state index in [2.05, 4.69) is 51.0 Å². The zero-order valence-corrected chi connectivity index (χ0v) is 30.5. The van der Waals surface area contributed by atoms with Crippen molar-refractivity contribution in [1.82, 2.24) is 33.6 Å². The van der Waals surface area contributed by atoms with E-state index in [0.29, 0.717) is 58.3 Å². The molecule has 2 saturated heterocycles. The molecule has 2 aliphatic heterocycles. The maximum atomic E-state index is 13.8. The Bertz CT molecular complexity index is 2210. The predicted octanol–water partition coefficient (Wildman–Crippen LogP) is 3.51. The molecule has 1 atom stereocenters. The summed E-state index contributed by atoms with van der Waals surface area (Å²) in [6.07, 6.45) is 8.86. The third kappa shape index (κ3) is 6.24. The summed E-state index contributed by atoms with van der Waals surface area (Å²) < 4.78 is 10.2. The van der Waals surface area contributed by atoms with Crippen LogP contribution in [-0.4, -0.2) is 83.7 Å². The lowest BCUT2D eigenvalue weighted by atomic mass is 9.90. The highest BCUT2D eigenvalue weighted by atomic mass is 32.1. The zero-order chi connectivity index (χ0) is 34.7. The highest BCUT2D eigenvalue weighted by Crippen LogP contribution is 2.37. The van der Waals surface area contributed by atoms with Crippen LogP contribution in [0.2, 0.25) is 0 Å². The minimum absolute atomic E-state index is 0. The van der Waals surface area contributed by atoms with Crippen molar-refractivity contribution in [2.24, 2.45) is 5.41 Å². The van der Waals surface area contributed by atoms with E-state index in [0.717, 1.165) is 51.4 Å². The van der Waals surface area contributed by atoms with Gasteiger partial charge in [-0.3, -0.25) is 19.1 Å². The molecule has 7 heterocycles. The van der Waals surface area contributed by atoms with Crippen molar-refractivity contribution < 1.29 is 9.84 Å². The number of aromatic nitrogens is 6. The molecule has 0 amide bonds. The van der Waals surface area contributed by atoms with Gasteiger partial charge in [-0.25, -0.2) is 14.6 Å². The number of piperazine rings is 1. The number of aliphatic hydroxyl groups is 1. The van der Waals surface area contributed by atoms with Crippen LogP contribution < -0.4 is 21.3 Å². The minimum atomic E-state index is -0.387. The van der Waals surface area contributed by atoms with Crippen LogP contribution in [0.4, 0.5) is 17.2 Å². The van der Waals surface area contributed by atoms with E-state index in [9.17, 15) is 14.7 Å². The van der Waals surface area contributed by atoms with E-state index >= 15 is 0 Å². The Morgan fingerprint density at radius 1 is 1.04 bits per heavy atom. The van der Waals surface area contributed by atoms with Crippen LogP contribution in [-0.2, 0) is 30.7 Å². The van der Waals surface area contributed by atoms with E-state index in [1.54, 1.807) is 24.5 Å². The van der Waals surface area contributed by atoms with Crippen LogP contribution >= 0.6 is 13.5 Å². The second-order valence-electron chi connectivity index (χ2n) is 14.5. The van der Waals surface area contributed by atoms with E-state index in [1.165, 1.54) is 20.5 Å². The van der Waals surface area contributed by atoms with Crippen molar-refractivity contribution in [3.8, 4) is 17.1 Å². The number of pyridine rings is 2. The van der Waals surface area contributed by atoms with Crippen LogP contribution in [0.15, 0.2) is 64.7 Å². The van der Waals surface area contributed by atoms with Gasteiger partial charge in [0.15, 0.2) is 0 Å². The Balaban J connectivity index is 0.00000406. The van der Waals surface area contributed by atoms with Crippen molar-refractivity contribution in [3.05, 3.63) is 92.6 Å². The highest BCUT2D eigenvalue weighted by molar-refractivity contribution is 7.59. The van der Waals surface area contributed by atoms with E-state index in [4.69, 9.17) is 4.74 Å². The second kappa shape index (κ2) is 13.6. The first-order valence-electron chi connectivity index (χ1n) is 17.4. The third-order valence-corrected chi connectivity index (χ3v) is 10.5. The molecule has 0 spiro atoms. The lowest BCUT2D eigenvalue weighted by Crippen LogP contribution is -2.59. The van der Waals surface area contributed by atoms with E-state index in [-0.39, 0.29) is 36.6 Å². The molecular weight excluding hydrogens is 667 g/mol. The fraction of sp³-hybridized carbons (Fsp3) is 0.432. The first-order valence-corrected chi connectivity index (χ1v) is 17.4. The average molecular weight is 712 g/mol. The molecule has 2 fully saturated rings. The largest absolute Gasteiger partial charge is 0.392 e. The smallest absolute Gasteiger partial charge is 0.290 e. The van der Waals surface area contributed by atoms with Gasteiger partial charge in [-0.1, -0.05) is 13.8 Å². The SMILES string of the molecule is CCn1nc(-c2ccnc(-n3ccn4c5c(cc4c3=O)CC(C)(C)C5)c2CO)cc(Nc2ccc(N3CCN(C4COC4)C[C@@H]3C)cn2)c1=O.S. The molecule has 5 aromatic heterocycles. The minimum Gasteiger partial charge on any atom is -0.392 e. The predicted molar refractivity (Wildman–Crippen MR) is 202 cm³/mol. The quantitative estimate of drug-likeness (QED) is 0.246. The molecule has 0 radical (unpaired) electrons. The summed E-state index contributed by atoms with van der Waals surface area (Å²) in [6, 6.07) is 10.2. The zero-order valence-electron chi connectivity index (χ0n) is 29.5. The number of aryl methyl sites for hydroxylation is 1. The molecule has 2 N–H and O–H groups in total. The molecule has 0 saturated carbocycles. The molecule has 13 nitrogen and oxygen atoms in total. The fourth-order valence-electron chi connectivity index (χ4n) is 7.79. The third-order valence-electron chi connectivity index (χ3n) is 10.5. The first-order chi connectivity index (χ1) is 24.1. The number of aliphatic hydroxyl groups excluding tert-OH is 1. The Kier molecular flexibility index (Phi) is 9.29. The van der Waals surface area contributed by atoms with Crippen LogP contribution in [0.5, 0.6) is 0 Å². The summed E-state index contributed by atoms with van der Waals surface area (Å²) in [4.78, 5) is 41.4. The number of hydrogen-bond acceptors (Lipinski definition) is 10. The molecule has 14 heteroatoms. The van der Waals surface area contributed by atoms with Crippen LogP contribution in [0.3, 0.4) is 0 Å². The van der Waals surface area contributed by atoms with Gasteiger partial charge in [-0.2, -0.15) is 18.6 Å².